The summed E-state index contributed by atoms with van der Waals surface area (Å²) in [6.45, 7) is 2.85. The average Bonchev–Trinajstić information content (AvgIpc) is 3.18. The van der Waals surface area contributed by atoms with Gasteiger partial charge in [-0.05, 0) is 29.7 Å². The van der Waals surface area contributed by atoms with E-state index in [-0.39, 0.29) is 0 Å². The number of nitrogens with one attached hydrogen (secondary N) is 1. The molecule has 9 nitrogen and oxygen atoms in total. The Hall–Kier alpha value is -2.14. The van der Waals surface area contributed by atoms with Gasteiger partial charge in [0.25, 0.3) is 5.95 Å². The number of aromatic nitrogens is 8. The molecular weight excluding hydrogens is 310 g/mol. The first-order valence-electron chi connectivity index (χ1n) is 6.14. The lowest BCUT2D eigenvalue weighted by atomic mass is 10.5. The molecule has 0 aromatic carbocycles. The van der Waals surface area contributed by atoms with Crippen molar-refractivity contribution in [3.05, 3.63) is 19.0 Å². The van der Waals surface area contributed by atoms with Gasteiger partial charge in [0.15, 0.2) is 4.34 Å². The van der Waals surface area contributed by atoms with E-state index >= 15 is 0 Å². The second kappa shape index (κ2) is 6.54. The van der Waals surface area contributed by atoms with E-state index in [1.807, 2.05) is 0 Å². The summed E-state index contributed by atoms with van der Waals surface area (Å²) in [6, 6.07) is 0. The Morgan fingerprint density at radius 1 is 1.29 bits per heavy atom. The second-order valence-corrected chi connectivity index (χ2v) is 5.81. The maximum absolute atomic E-state index is 4.36. The number of hydrogen-bond acceptors (Lipinski definition) is 10. The van der Waals surface area contributed by atoms with Crippen LogP contribution in [0.25, 0.3) is 5.95 Å². The normalized spacial score (nSPS) is 10.7. The number of hydrogen-bond donors (Lipinski definition) is 1. The van der Waals surface area contributed by atoms with Crippen LogP contribution in [0.2, 0.25) is 0 Å². The molecule has 0 aliphatic rings. The van der Waals surface area contributed by atoms with Crippen LogP contribution in [0, 0.1) is 0 Å². The van der Waals surface area contributed by atoms with Gasteiger partial charge in [0.2, 0.25) is 11.1 Å². The zero-order valence-corrected chi connectivity index (χ0v) is 12.7. The third-order valence-electron chi connectivity index (χ3n) is 2.28. The Morgan fingerprint density at radius 3 is 2.95 bits per heavy atom. The molecule has 0 radical (unpaired) electrons. The summed E-state index contributed by atoms with van der Waals surface area (Å²) in [5, 5.41) is 7.72. The van der Waals surface area contributed by atoms with Crippen LogP contribution in [0.1, 0.15) is 13.3 Å². The molecule has 3 rings (SSSR count). The maximum Gasteiger partial charge on any atom is 0.257 e. The Balaban J connectivity index is 1.92. The first-order valence-corrected chi connectivity index (χ1v) is 7.73. The highest BCUT2D eigenvalue weighted by molar-refractivity contribution is 8.00. The zero-order valence-electron chi connectivity index (χ0n) is 11.0. The van der Waals surface area contributed by atoms with Gasteiger partial charge >= 0.3 is 0 Å². The number of nitrogens with zero attached hydrogens (tertiary/aromatic N) is 8. The molecule has 11 heteroatoms. The monoisotopic (exact) mass is 321 g/mol. The Bertz CT molecular complexity index is 683. The highest BCUT2D eigenvalue weighted by atomic mass is 32.2. The zero-order chi connectivity index (χ0) is 14.5. The van der Waals surface area contributed by atoms with Gasteiger partial charge in [-0.2, -0.15) is 29.1 Å². The fourth-order valence-corrected chi connectivity index (χ4v) is 2.70. The van der Waals surface area contributed by atoms with E-state index in [1.54, 1.807) is 6.33 Å². The van der Waals surface area contributed by atoms with Crippen molar-refractivity contribution in [1.82, 2.24) is 39.1 Å². The lowest BCUT2D eigenvalue weighted by Crippen LogP contribution is -2.10. The van der Waals surface area contributed by atoms with Crippen molar-refractivity contribution in [1.29, 1.82) is 0 Å². The molecule has 0 atom stereocenters. The molecule has 0 aliphatic carbocycles. The summed E-state index contributed by atoms with van der Waals surface area (Å²) in [5.41, 5.74) is 0. The Labute approximate surface area is 128 Å². The van der Waals surface area contributed by atoms with E-state index in [2.05, 4.69) is 46.6 Å². The van der Waals surface area contributed by atoms with Gasteiger partial charge < -0.3 is 5.32 Å². The molecular formula is C10H11N9S2. The maximum atomic E-state index is 4.36. The summed E-state index contributed by atoms with van der Waals surface area (Å²) >= 11 is 2.63. The van der Waals surface area contributed by atoms with Gasteiger partial charge in [-0.15, -0.1) is 0 Å². The van der Waals surface area contributed by atoms with Crippen molar-refractivity contribution in [3.63, 3.8) is 0 Å². The van der Waals surface area contributed by atoms with Crippen molar-refractivity contribution in [3.8, 4) is 5.95 Å². The summed E-state index contributed by atoms with van der Waals surface area (Å²) in [5.74, 6) is 0.914. The predicted octanol–water partition coefficient (Wildman–Crippen LogP) is 1.28. The molecule has 0 amide bonds. The molecule has 0 bridgehead atoms. The fourth-order valence-electron chi connectivity index (χ4n) is 1.41. The Kier molecular flexibility index (Phi) is 4.31. The summed E-state index contributed by atoms with van der Waals surface area (Å²) < 4.78 is 6.22. The van der Waals surface area contributed by atoms with Crippen LogP contribution >= 0.6 is 23.3 Å². The van der Waals surface area contributed by atoms with Crippen molar-refractivity contribution < 1.29 is 0 Å². The summed E-state index contributed by atoms with van der Waals surface area (Å²) in [7, 11) is 0. The minimum Gasteiger partial charge on any atom is -0.354 e. The van der Waals surface area contributed by atoms with Crippen LogP contribution in [-0.2, 0) is 0 Å². The predicted molar refractivity (Wildman–Crippen MR) is 77.6 cm³/mol. The molecule has 3 heterocycles. The fraction of sp³-hybridized carbons (Fsp3) is 0.300. The molecule has 0 unspecified atom stereocenters. The number of anilines is 1. The van der Waals surface area contributed by atoms with E-state index in [4.69, 9.17) is 0 Å². The van der Waals surface area contributed by atoms with Crippen LogP contribution in [-0.4, -0.2) is 45.6 Å². The first kappa shape index (κ1) is 13.8. The highest BCUT2D eigenvalue weighted by Crippen LogP contribution is 2.25. The minimum atomic E-state index is 0.410. The average molecular weight is 321 g/mol. The van der Waals surface area contributed by atoms with Gasteiger partial charge in [-0.1, -0.05) is 6.92 Å². The van der Waals surface area contributed by atoms with Gasteiger partial charge in [-0.25, -0.2) is 9.97 Å². The molecule has 3 aromatic heterocycles. The van der Waals surface area contributed by atoms with Gasteiger partial charge in [0.05, 0.1) is 0 Å². The van der Waals surface area contributed by atoms with Crippen LogP contribution in [0.15, 0.2) is 28.5 Å². The van der Waals surface area contributed by atoms with E-state index in [0.717, 1.165) is 17.3 Å². The quantitative estimate of drug-likeness (QED) is 0.718. The molecule has 0 fully saturated rings. The standard InChI is InChI=1S/C10H11N9S2/c1-2-3-12-7-16-8(19-6-11-4-14-19)18-9(17-7)20-10-13-5-15-21-10/h4-6H,2-3H2,1H3,(H,12,16,17,18). The molecule has 1 N–H and O–H groups in total. The summed E-state index contributed by atoms with van der Waals surface area (Å²) in [6.07, 6.45) is 5.45. The number of rotatable bonds is 6. The molecule has 0 saturated heterocycles. The molecule has 108 valence electrons. The van der Waals surface area contributed by atoms with Crippen LogP contribution in [0.5, 0.6) is 0 Å². The minimum absolute atomic E-state index is 0.410. The van der Waals surface area contributed by atoms with E-state index < -0.39 is 0 Å². The van der Waals surface area contributed by atoms with Crippen molar-refractivity contribution >= 4 is 29.2 Å². The van der Waals surface area contributed by atoms with Crippen molar-refractivity contribution in [2.45, 2.75) is 22.8 Å². The van der Waals surface area contributed by atoms with Crippen LogP contribution in [0.3, 0.4) is 0 Å². The van der Waals surface area contributed by atoms with Crippen LogP contribution < -0.4 is 5.32 Å². The smallest absolute Gasteiger partial charge is 0.257 e. The third-order valence-corrected chi connectivity index (χ3v) is 3.86. The van der Waals surface area contributed by atoms with E-state index in [9.17, 15) is 0 Å². The van der Waals surface area contributed by atoms with Gasteiger partial charge in [-0.3, -0.25) is 0 Å². The first-order chi connectivity index (χ1) is 10.3. The lowest BCUT2D eigenvalue weighted by molar-refractivity contribution is 0.756. The van der Waals surface area contributed by atoms with Crippen molar-refractivity contribution in [2.24, 2.45) is 0 Å². The van der Waals surface area contributed by atoms with Gasteiger partial charge in [0.1, 0.15) is 19.0 Å². The molecule has 0 aliphatic heterocycles. The molecule has 0 saturated carbocycles. The molecule has 0 spiro atoms. The van der Waals surface area contributed by atoms with Crippen molar-refractivity contribution in [2.75, 3.05) is 11.9 Å². The van der Waals surface area contributed by atoms with E-state index in [1.165, 1.54) is 40.6 Å². The highest BCUT2D eigenvalue weighted by Gasteiger charge is 2.11. The van der Waals surface area contributed by atoms with E-state index in [0.29, 0.717) is 17.1 Å². The molecule has 3 aromatic rings. The lowest BCUT2D eigenvalue weighted by Gasteiger charge is -2.06. The summed E-state index contributed by atoms with van der Waals surface area (Å²) in [4.78, 5) is 21.1. The third kappa shape index (κ3) is 3.49. The second-order valence-electron chi connectivity index (χ2n) is 3.82. The SMILES string of the molecule is CCCNc1nc(Sc2ncns2)nc(-n2cncn2)n1. The topological polar surface area (TPSA) is 107 Å². The van der Waals surface area contributed by atoms with Gasteiger partial charge in [0, 0.05) is 6.54 Å². The largest absolute Gasteiger partial charge is 0.354 e. The van der Waals surface area contributed by atoms with Crippen LogP contribution in [0.4, 0.5) is 5.95 Å². The Morgan fingerprint density at radius 2 is 2.24 bits per heavy atom. The molecule has 21 heavy (non-hydrogen) atoms.